The fourth-order valence-electron chi connectivity index (χ4n) is 4.96. The standard InChI is InChI=1S/C32H38N2O3/c1-24-18-19-25(2)30(20-24)37-23-31(35)34(22-27-14-8-4-9-15-27)29(21-26-12-6-3-7-13-26)32(36)33-28-16-10-5-11-17-28/h3-4,6-9,12-15,18-20,28-29H,5,10-11,16-17,21-23H2,1-2H3,(H,33,36). The molecule has 5 nitrogen and oxygen atoms in total. The van der Waals surface area contributed by atoms with Gasteiger partial charge in [0.15, 0.2) is 6.61 Å². The van der Waals surface area contributed by atoms with E-state index in [1.165, 1.54) is 6.42 Å². The number of hydrogen-bond acceptors (Lipinski definition) is 3. The van der Waals surface area contributed by atoms with E-state index in [0.717, 1.165) is 47.9 Å². The van der Waals surface area contributed by atoms with Crippen molar-refractivity contribution in [3.8, 4) is 5.75 Å². The molecule has 0 heterocycles. The van der Waals surface area contributed by atoms with Crippen LogP contribution in [-0.2, 0) is 22.6 Å². The Balaban J connectivity index is 1.60. The third kappa shape index (κ3) is 7.69. The van der Waals surface area contributed by atoms with Crippen LogP contribution in [0.15, 0.2) is 78.9 Å². The SMILES string of the molecule is Cc1ccc(C)c(OCC(=O)N(Cc2ccccc2)C(Cc2ccccc2)C(=O)NC2CCCCC2)c1. The molecule has 3 aromatic carbocycles. The molecular weight excluding hydrogens is 460 g/mol. The molecule has 1 aliphatic carbocycles. The Hall–Kier alpha value is -3.60. The van der Waals surface area contributed by atoms with E-state index in [2.05, 4.69) is 5.32 Å². The van der Waals surface area contributed by atoms with Crippen LogP contribution in [0.5, 0.6) is 5.75 Å². The largest absolute Gasteiger partial charge is 0.483 e. The first-order valence-corrected chi connectivity index (χ1v) is 13.4. The summed E-state index contributed by atoms with van der Waals surface area (Å²) < 4.78 is 6.01. The van der Waals surface area contributed by atoms with E-state index in [1.807, 2.05) is 92.7 Å². The van der Waals surface area contributed by atoms with Gasteiger partial charge >= 0.3 is 0 Å². The molecule has 1 N–H and O–H groups in total. The van der Waals surface area contributed by atoms with Gasteiger partial charge in [0, 0.05) is 19.0 Å². The van der Waals surface area contributed by atoms with E-state index in [1.54, 1.807) is 4.90 Å². The Morgan fingerprint density at radius 2 is 1.54 bits per heavy atom. The predicted octanol–water partition coefficient (Wildman–Crippen LogP) is 5.77. The minimum atomic E-state index is -0.640. The van der Waals surface area contributed by atoms with E-state index in [0.29, 0.717) is 18.7 Å². The van der Waals surface area contributed by atoms with Crippen LogP contribution in [0.3, 0.4) is 0 Å². The van der Waals surface area contributed by atoms with Crippen LogP contribution in [0, 0.1) is 13.8 Å². The maximum atomic E-state index is 13.8. The number of hydrogen-bond donors (Lipinski definition) is 1. The molecule has 3 aromatic rings. The summed E-state index contributed by atoms with van der Waals surface area (Å²) in [7, 11) is 0. The minimum absolute atomic E-state index is 0.0910. The van der Waals surface area contributed by atoms with Gasteiger partial charge in [0.25, 0.3) is 5.91 Å². The monoisotopic (exact) mass is 498 g/mol. The number of nitrogens with zero attached hydrogens (tertiary/aromatic N) is 1. The van der Waals surface area contributed by atoms with Crippen LogP contribution in [-0.4, -0.2) is 35.4 Å². The van der Waals surface area contributed by atoms with Crippen LogP contribution in [0.4, 0.5) is 0 Å². The van der Waals surface area contributed by atoms with E-state index in [-0.39, 0.29) is 24.5 Å². The highest BCUT2D eigenvalue weighted by atomic mass is 16.5. The van der Waals surface area contributed by atoms with Gasteiger partial charge in [-0.2, -0.15) is 0 Å². The normalized spacial score (nSPS) is 14.5. The molecular formula is C32H38N2O3. The number of ether oxygens (including phenoxy) is 1. The summed E-state index contributed by atoms with van der Waals surface area (Å²) in [6, 6.07) is 25.3. The maximum absolute atomic E-state index is 13.8. The van der Waals surface area contributed by atoms with Gasteiger partial charge in [0.2, 0.25) is 5.91 Å². The van der Waals surface area contributed by atoms with Crippen molar-refractivity contribution in [2.45, 2.75) is 71.0 Å². The van der Waals surface area contributed by atoms with Gasteiger partial charge in [-0.1, -0.05) is 92.1 Å². The molecule has 0 bridgehead atoms. The second kappa shape index (κ2) is 13.1. The molecule has 0 aromatic heterocycles. The van der Waals surface area contributed by atoms with Crippen LogP contribution in [0.1, 0.15) is 54.4 Å². The average Bonchev–Trinajstić information content (AvgIpc) is 2.92. The Bertz CT molecular complexity index is 1160. The van der Waals surface area contributed by atoms with Gasteiger partial charge in [0.1, 0.15) is 11.8 Å². The fourth-order valence-corrected chi connectivity index (χ4v) is 4.96. The lowest BCUT2D eigenvalue weighted by Crippen LogP contribution is -2.53. The first kappa shape index (κ1) is 26.5. The number of nitrogens with one attached hydrogen (secondary N) is 1. The summed E-state index contributed by atoms with van der Waals surface area (Å²) in [5.41, 5.74) is 4.05. The predicted molar refractivity (Wildman–Crippen MR) is 147 cm³/mol. The number of carbonyl (C=O) groups is 2. The molecule has 5 heteroatoms. The molecule has 0 radical (unpaired) electrons. The molecule has 2 amide bonds. The van der Waals surface area contributed by atoms with Gasteiger partial charge in [0.05, 0.1) is 0 Å². The van der Waals surface area contributed by atoms with Crippen molar-refractivity contribution in [3.05, 3.63) is 101 Å². The second-order valence-corrected chi connectivity index (χ2v) is 10.1. The second-order valence-electron chi connectivity index (χ2n) is 10.1. The Morgan fingerprint density at radius 3 is 2.22 bits per heavy atom. The summed E-state index contributed by atoms with van der Waals surface area (Å²) in [5.74, 6) is 0.399. The maximum Gasteiger partial charge on any atom is 0.261 e. The van der Waals surface area contributed by atoms with Crippen molar-refractivity contribution in [2.24, 2.45) is 0 Å². The minimum Gasteiger partial charge on any atom is -0.483 e. The van der Waals surface area contributed by atoms with Gasteiger partial charge < -0.3 is 15.0 Å². The van der Waals surface area contributed by atoms with E-state index < -0.39 is 6.04 Å². The molecule has 1 saturated carbocycles. The summed E-state index contributed by atoms with van der Waals surface area (Å²) >= 11 is 0. The topological polar surface area (TPSA) is 58.6 Å². The zero-order valence-electron chi connectivity index (χ0n) is 22.0. The molecule has 1 unspecified atom stereocenters. The Kier molecular flexibility index (Phi) is 9.36. The Morgan fingerprint density at radius 1 is 0.892 bits per heavy atom. The zero-order chi connectivity index (χ0) is 26.0. The first-order valence-electron chi connectivity index (χ1n) is 13.4. The van der Waals surface area contributed by atoms with Gasteiger partial charge in [-0.3, -0.25) is 9.59 Å². The van der Waals surface area contributed by atoms with E-state index in [4.69, 9.17) is 4.74 Å². The lowest BCUT2D eigenvalue weighted by molar-refractivity contribution is -0.143. The quantitative estimate of drug-likeness (QED) is 0.386. The molecule has 1 atom stereocenters. The van der Waals surface area contributed by atoms with Crippen molar-refractivity contribution in [2.75, 3.05) is 6.61 Å². The molecule has 1 aliphatic rings. The number of carbonyl (C=O) groups excluding carboxylic acids is 2. The lowest BCUT2D eigenvalue weighted by atomic mass is 9.94. The molecule has 4 rings (SSSR count). The average molecular weight is 499 g/mol. The summed E-state index contributed by atoms with van der Waals surface area (Å²) in [6.07, 6.45) is 5.91. The van der Waals surface area contributed by atoms with E-state index >= 15 is 0 Å². The number of rotatable bonds is 10. The number of benzene rings is 3. The highest BCUT2D eigenvalue weighted by molar-refractivity contribution is 5.88. The number of aryl methyl sites for hydroxylation is 2. The Labute approximate surface area is 220 Å². The number of amides is 2. The third-order valence-corrected chi connectivity index (χ3v) is 7.11. The van der Waals surface area contributed by atoms with Crippen LogP contribution in [0.25, 0.3) is 0 Å². The van der Waals surface area contributed by atoms with Crippen molar-refractivity contribution >= 4 is 11.8 Å². The van der Waals surface area contributed by atoms with Crippen LogP contribution in [0.2, 0.25) is 0 Å². The third-order valence-electron chi connectivity index (χ3n) is 7.11. The first-order chi connectivity index (χ1) is 18.0. The van der Waals surface area contributed by atoms with E-state index in [9.17, 15) is 9.59 Å². The molecule has 37 heavy (non-hydrogen) atoms. The van der Waals surface area contributed by atoms with Gasteiger partial charge in [-0.15, -0.1) is 0 Å². The van der Waals surface area contributed by atoms with Crippen molar-refractivity contribution < 1.29 is 14.3 Å². The van der Waals surface area contributed by atoms with Crippen molar-refractivity contribution in [1.82, 2.24) is 10.2 Å². The lowest BCUT2D eigenvalue weighted by Gasteiger charge is -2.33. The smallest absolute Gasteiger partial charge is 0.261 e. The van der Waals surface area contributed by atoms with Crippen molar-refractivity contribution in [1.29, 1.82) is 0 Å². The van der Waals surface area contributed by atoms with Crippen LogP contribution < -0.4 is 10.1 Å². The molecule has 0 aliphatic heterocycles. The molecule has 194 valence electrons. The molecule has 1 fully saturated rings. The highest BCUT2D eigenvalue weighted by Gasteiger charge is 2.32. The van der Waals surface area contributed by atoms with Gasteiger partial charge in [-0.05, 0) is 55.0 Å². The zero-order valence-corrected chi connectivity index (χ0v) is 22.0. The highest BCUT2D eigenvalue weighted by Crippen LogP contribution is 2.22. The van der Waals surface area contributed by atoms with Gasteiger partial charge in [-0.25, -0.2) is 0 Å². The summed E-state index contributed by atoms with van der Waals surface area (Å²) in [6.45, 7) is 4.18. The van der Waals surface area contributed by atoms with Crippen molar-refractivity contribution in [3.63, 3.8) is 0 Å². The molecule has 0 spiro atoms. The molecule has 0 saturated heterocycles. The van der Waals surface area contributed by atoms with Crippen LogP contribution >= 0.6 is 0 Å². The summed E-state index contributed by atoms with van der Waals surface area (Å²) in [5, 5.41) is 3.28. The fraction of sp³-hybridized carbons (Fsp3) is 0.375. The summed E-state index contributed by atoms with van der Waals surface area (Å²) in [4.78, 5) is 29.2.